The quantitative estimate of drug-likeness (QED) is 0.480. The highest BCUT2D eigenvalue weighted by atomic mass is 15.4. The highest BCUT2D eigenvalue weighted by Gasteiger charge is 2.06. The van der Waals surface area contributed by atoms with Crippen LogP contribution in [0.3, 0.4) is 0 Å². The van der Waals surface area contributed by atoms with Crippen molar-refractivity contribution < 1.29 is 0 Å². The van der Waals surface area contributed by atoms with Gasteiger partial charge in [-0.1, -0.05) is 5.21 Å². The van der Waals surface area contributed by atoms with Crippen molar-refractivity contribution in [2.24, 2.45) is 7.05 Å². The van der Waals surface area contributed by atoms with Crippen molar-refractivity contribution in [1.82, 2.24) is 15.0 Å². The van der Waals surface area contributed by atoms with E-state index in [1.54, 1.807) is 13.1 Å². The van der Waals surface area contributed by atoms with E-state index in [4.69, 9.17) is 10.5 Å². The first-order chi connectivity index (χ1) is 4.79. The minimum atomic E-state index is 0.0741. The van der Waals surface area contributed by atoms with Gasteiger partial charge in [0.2, 0.25) is 5.69 Å². The first kappa shape index (κ1) is 6.24. The van der Waals surface area contributed by atoms with Gasteiger partial charge in [0.15, 0.2) is 5.69 Å². The lowest BCUT2D eigenvalue weighted by Crippen LogP contribution is -1.93. The average molecular weight is 133 g/mol. The molecule has 0 unspecified atom stereocenters. The summed E-state index contributed by atoms with van der Waals surface area (Å²) in [5, 5.41) is 23.7. The van der Waals surface area contributed by atoms with Crippen molar-refractivity contribution in [3.8, 4) is 12.1 Å². The first-order valence-electron chi connectivity index (χ1n) is 2.49. The number of nitriles is 2. The molecule has 1 aromatic heterocycles. The molecule has 0 aliphatic heterocycles. The molecule has 5 nitrogen and oxygen atoms in total. The van der Waals surface area contributed by atoms with E-state index in [0.29, 0.717) is 0 Å². The Morgan fingerprint density at radius 3 is 2.50 bits per heavy atom. The minimum absolute atomic E-state index is 0.0741. The molecule has 0 spiro atoms. The van der Waals surface area contributed by atoms with E-state index in [9.17, 15) is 0 Å². The maximum atomic E-state index is 8.42. The van der Waals surface area contributed by atoms with Crippen molar-refractivity contribution in [2.75, 3.05) is 0 Å². The second kappa shape index (κ2) is 2.16. The maximum Gasteiger partial charge on any atom is 0.200 e. The summed E-state index contributed by atoms with van der Waals surface area (Å²) in [5.74, 6) is 0. The Morgan fingerprint density at radius 2 is 2.10 bits per heavy atom. The SMILES string of the molecule is Cn1nnc(C#N)c1C#N. The van der Waals surface area contributed by atoms with Crippen LogP contribution in [0.25, 0.3) is 0 Å². The fourth-order valence-corrected chi connectivity index (χ4v) is 0.558. The lowest BCUT2D eigenvalue weighted by Gasteiger charge is -1.83. The largest absolute Gasteiger partial charge is 0.236 e. The van der Waals surface area contributed by atoms with Gasteiger partial charge in [0, 0.05) is 7.05 Å². The molecular formula is C5H3N5. The first-order valence-corrected chi connectivity index (χ1v) is 2.49. The van der Waals surface area contributed by atoms with Gasteiger partial charge in [0.05, 0.1) is 0 Å². The Kier molecular flexibility index (Phi) is 1.35. The van der Waals surface area contributed by atoms with Crippen LogP contribution in [0.1, 0.15) is 11.4 Å². The number of nitrogens with zero attached hydrogens (tertiary/aromatic N) is 5. The van der Waals surface area contributed by atoms with Gasteiger partial charge < -0.3 is 0 Å². The lowest BCUT2D eigenvalue weighted by atomic mass is 10.4. The third-order valence-electron chi connectivity index (χ3n) is 1.04. The Hall–Kier alpha value is -1.88. The second-order valence-electron chi connectivity index (χ2n) is 1.63. The normalized spacial score (nSPS) is 8.30. The van der Waals surface area contributed by atoms with Gasteiger partial charge in [-0.15, -0.1) is 5.10 Å². The van der Waals surface area contributed by atoms with Gasteiger partial charge in [0.1, 0.15) is 12.1 Å². The molecule has 48 valence electrons. The monoisotopic (exact) mass is 133 g/mol. The summed E-state index contributed by atoms with van der Waals surface area (Å²) in [6, 6.07) is 3.56. The molecule has 0 saturated heterocycles. The highest BCUT2D eigenvalue weighted by molar-refractivity contribution is 5.33. The Balaban J connectivity index is 3.34. The number of rotatable bonds is 0. The van der Waals surface area contributed by atoms with Gasteiger partial charge in [-0.05, 0) is 0 Å². The minimum Gasteiger partial charge on any atom is -0.236 e. The van der Waals surface area contributed by atoms with E-state index in [1.165, 1.54) is 4.68 Å². The van der Waals surface area contributed by atoms with Crippen molar-refractivity contribution in [3.63, 3.8) is 0 Å². The molecule has 0 fully saturated rings. The molecule has 0 atom stereocenters. The Labute approximate surface area is 57.1 Å². The molecule has 0 aliphatic carbocycles. The molecule has 1 aromatic rings. The molecular weight excluding hydrogens is 130 g/mol. The van der Waals surface area contributed by atoms with Gasteiger partial charge in [0.25, 0.3) is 0 Å². The second-order valence-corrected chi connectivity index (χ2v) is 1.63. The average Bonchev–Trinajstić information content (AvgIpc) is 2.30. The van der Waals surface area contributed by atoms with Crippen LogP contribution in [0.4, 0.5) is 0 Å². The molecule has 0 N–H and O–H groups in total. The topological polar surface area (TPSA) is 78.3 Å². The van der Waals surface area contributed by atoms with Gasteiger partial charge in [-0.2, -0.15) is 10.5 Å². The van der Waals surface area contributed by atoms with Crippen LogP contribution < -0.4 is 0 Å². The van der Waals surface area contributed by atoms with Crippen molar-refractivity contribution in [1.29, 1.82) is 10.5 Å². The van der Waals surface area contributed by atoms with Crippen molar-refractivity contribution in [2.45, 2.75) is 0 Å². The molecule has 0 amide bonds. The van der Waals surface area contributed by atoms with Crippen molar-refractivity contribution in [3.05, 3.63) is 11.4 Å². The van der Waals surface area contributed by atoms with E-state index >= 15 is 0 Å². The predicted molar refractivity (Wildman–Crippen MR) is 30.4 cm³/mol. The summed E-state index contributed by atoms with van der Waals surface area (Å²) >= 11 is 0. The molecule has 5 heteroatoms. The third-order valence-corrected chi connectivity index (χ3v) is 1.04. The molecule has 1 heterocycles. The number of hydrogen-bond acceptors (Lipinski definition) is 4. The zero-order valence-corrected chi connectivity index (χ0v) is 5.24. The summed E-state index contributed by atoms with van der Waals surface area (Å²) in [5.41, 5.74) is 0.271. The third kappa shape index (κ3) is 0.702. The summed E-state index contributed by atoms with van der Waals surface area (Å²) in [6.45, 7) is 0. The maximum absolute atomic E-state index is 8.42. The van der Waals surface area contributed by atoms with E-state index in [1.807, 2.05) is 6.07 Å². The van der Waals surface area contributed by atoms with Crippen LogP contribution in [0, 0.1) is 22.7 Å². The van der Waals surface area contributed by atoms with Gasteiger partial charge in [-0.3, -0.25) is 0 Å². The molecule has 0 aliphatic rings. The van der Waals surface area contributed by atoms with E-state index in [-0.39, 0.29) is 11.4 Å². The summed E-state index contributed by atoms with van der Waals surface area (Å²) < 4.78 is 1.26. The molecule has 0 bridgehead atoms. The fourth-order valence-electron chi connectivity index (χ4n) is 0.558. The number of aryl methyl sites for hydroxylation is 1. The van der Waals surface area contributed by atoms with E-state index < -0.39 is 0 Å². The van der Waals surface area contributed by atoms with Gasteiger partial charge in [-0.25, -0.2) is 4.68 Å². The van der Waals surface area contributed by atoms with Gasteiger partial charge >= 0.3 is 0 Å². The van der Waals surface area contributed by atoms with Crippen LogP contribution in [0.15, 0.2) is 0 Å². The van der Waals surface area contributed by atoms with E-state index in [0.717, 1.165) is 0 Å². The zero-order chi connectivity index (χ0) is 7.56. The van der Waals surface area contributed by atoms with Crippen LogP contribution in [0.5, 0.6) is 0 Å². The highest BCUT2D eigenvalue weighted by Crippen LogP contribution is 1.97. The van der Waals surface area contributed by atoms with Crippen LogP contribution >= 0.6 is 0 Å². The molecule has 0 saturated carbocycles. The number of aromatic nitrogens is 3. The Bertz CT molecular complexity index is 323. The Morgan fingerprint density at radius 1 is 1.40 bits per heavy atom. The van der Waals surface area contributed by atoms with Crippen LogP contribution in [-0.2, 0) is 7.05 Å². The van der Waals surface area contributed by atoms with E-state index in [2.05, 4.69) is 10.3 Å². The smallest absolute Gasteiger partial charge is 0.200 e. The number of hydrogen-bond donors (Lipinski definition) is 0. The standard InChI is InChI=1S/C5H3N5/c1-10-5(3-7)4(2-6)8-9-10/h1H3. The lowest BCUT2D eigenvalue weighted by molar-refractivity contribution is 0.707. The van der Waals surface area contributed by atoms with Crippen LogP contribution in [-0.4, -0.2) is 15.0 Å². The molecule has 0 radical (unpaired) electrons. The summed E-state index contributed by atoms with van der Waals surface area (Å²) in [6.07, 6.45) is 0. The fraction of sp³-hybridized carbons (Fsp3) is 0.200. The summed E-state index contributed by atoms with van der Waals surface area (Å²) in [7, 11) is 1.56. The van der Waals surface area contributed by atoms with Crippen LogP contribution in [0.2, 0.25) is 0 Å². The van der Waals surface area contributed by atoms with Crippen molar-refractivity contribution >= 4 is 0 Å². The summed E-state index contributed by atoms with van der Waals surface area (Å²) in [4.78, 5) is 0. The zero-order valence-electron chi connectivity index (χ0n) is 5.24. The predicted octanol–water partition coefficient (Wildman–Crippen LogP) is -0.442. The molecule has 1 rings (SSSR count). The molecule has 10 heavy (non-hydrogen) atoms. The molecule has 0 aromatic carbocycles.